The molecule has 0 aliphatic heterocycles. The zero-order chi connectivity index (χ0) is 12.3. The molecule has 1 N–H and O–H groups in total. The standard InChI is InChI=1S/C13H11IN2O/c1-9-3-2-4-12(11(9)7-15)16-8-10-5-6-13(14)17-10/h2-6,16H,8H2,1H3. The van der Waals surface area contributed by atoms with Crippen molar-refractivity contribution in [2.45, 2.75) is 13.5 Å². The second kappa shape index (κ2) is 5.23. The molecular formula is C13H11IN2O. The van der Waals surface area contributed by atoms with Crippen LogP contribution in [0, 0.1) is 22.0 Å². The molecule has 2 aromatic rings. The van der Waals surface area contributed by atoms with Gasteiger partial charge in [0.05, 0.1) is 17.8 Å². The molecule has 0 bridgehead atoms. The first-order chi connectivity index (χ1) is 8.20. The number of nitrogens with one attached hydrogen (secondary N) is 1. The molecule has 1 aromatic heterocycles. The lowest BCUT2D eigenvalue weighted by atomic mass is 10.1. The van der Waals surface area contributed by atoms with Crippen LogP contribution in [0.25, 0.3) is 0 Å². The second-order valence-corrected chi connectivity index (χ2v) is 4.73. The Bertz CT molecular complexity index is 569. The van der Waals surface area contributed by atoms with Crippen LogP contribution in [0.4, 0.5) is 5.69 Å². The molecule has 0 unspecified atom stereocenters. The minimum atomic E-state index is 0.584. The van der Waals surface area contributed by atoms with Gasteiger partial charge in [0.1, 0.15) is 11.8 Å². The molecule has 0 aliphatic rings. The Kier molecular flexibility index (Phi) is 3.69. The average Bonchev–Trinajstić information content (AvgIpc) is 2.72. The Labute approximate surface area is 114 Å². The van der Waals surface area contributed by atoms with Gasteiger partial charge in [-0.2, -0.15) is 5.26 Å². The van der Waals surface area contributed by atoms with Crippen molar-refractivity contribution >= 4 is 28.3 Å². The Balaban J connectivity index is 2.14. The first-order valence-electron chi connectivity index (χ1n) is 5.18. The van der Waals surface area contributed by atoms with Crippen LogP contribution in [0.15, 0.2) is 34.7 Å². The van der Waals surface area contributed by atoms with E-state index >= 15 is 0 Å². The van der Waals surface area contributed by atoms with Gasteiger partial charge in [0.15, 0.2) is 3.77 Å². The maximum atomic E-state index is 9.09. The summed E-state index contributed by atoms with van der Waals surface area (Å²) in [6.07, 6.45) is 0. The molecule has 0 radical (unpaired) electrons. The number of anilines is 1. The molecule has 0 saturated heterocycles. The fraction of sp³-hybridized carbons (Fsp3) is 0.154. The van der Waals surface area contributed by atoms with Gasteiger partial charge in [-0.25, -0.2) is 0 Å². The van der Waals surface area contributed by atoms with Gasteiger partial charge in [-0.3, -0.25) is 0 Å². The fourth-order valence-electron chi connectivity index (χ4n) is 1.59. The highest BCUT2D eigenvalue weighted by atomic mass is 127. The summed E-state index contributed by atoms with van der Waals surface area (Å²) in [6.45, 7) is 2.51. The van der Waals surface area contributed by atoms with Crippen LogP contribution >= 0.6 is 22.6 Å². The summed E-state index contributed by atoms with van der Waals surface area (Å²) in [5.41, 5.74) is 2.51. The molecular weight excluding hydrogens is 327 g/mol. The lowest BCUT2D eigenvalue weighted by Crippen LogP contribution is -2.01. The average molecular weight is 338 g/mol. The van der Waals surface area contributed by atoms with Crippen molar-refractivity contribution in [3.63, 3.8) is 0 Å². The van der Waals surface area contributed by atoms with Crippen molar-refractivity contribution in [2.24, 2.45) is 0 Å². The van der Waals surface area contributed by atoms with Crippen LogP contribution in [0.5, 0.6) is 0 Å². The summed E-state index contributed by atoms with van der Waals surface area (Å²) in [6, 6.07) is 11.8. The predicted molar refractivity (Wildman–Crippen MR) is 74.6 cm³/mol. The van der Waals surface area contributed by atoms with Gasteiger partial charge in [-0.15, -0.1) is 0 Å². The number of halogens is 1. The molecule has 0 amide bonds. The van der Waals surface area contributed by atoms with Crippen molar-refractivity contribution < 1.29 is 4.42 Å². The fourth-order valence-corrected chi connectivity index (χ4v) is 2.06. The van der Waals surface area contributed by atoms with E-state index in [2.05, 4.69) is 34.0 Å². The van der Waals surface area contributed by atoms with Crippen LogP contribution in [0.2, 0.25) is 0 Å². The number of hydrogen-bond donors (Lipinski definition) is 1. The van der Waals surface area contributed by atoms with Gasteiger partial charge in [0, 0.05) is 0 Å². The van der Waals surface area contributed by atoms with Crippen LogP contribution in [0.1, 0.15) is 16.9 Å². The normalized spacial score (nSPS) is 9.94. The maximum absolute atomic E-state index is 9.09. The molecule has 0 atom stereocenters. The molecule has 0 aliphatic carbocycles. The van der Waals surface area contributed by atoms with Crippen molar-refractivity contribution in [1.29, 1.82) is 5.26 Å². The third kappa shape index (κ3) is 2.80. The monoisotopic (exact) mass is 338 g/mol. The largest absolute Gasteiger partial charge is 0.454 e. The van der Waals surface area contributed by atoms with Crippen molar-refractivity contribution in [1.82, 2.24) is 0 Å². The van der Waals surface area contributed by atoms with E-state index in [1.165, 1.54) is 0 Å². The van der Waals surface area contributed by atoms with Crippen LogP contribution in [0.3, 0.4) is 0 Å². The predicted octanol–water partition coefficient (Wildman–Crippen LogP) is 3.68. The number of hydrogen-bond acceptors (Lipinski definition) is 3. The molecule has 3 nitrogen and oxygen atoms in total. The van der Waals surface area contributed by atoms with Crippen molar-refractivity contribution in [3.8, 4) is 6.07 Å². The molecule has 2 rings (SSSR count). The lowest BCUT2D eigenvalue weighted by Gasteiger charge is -2.08. The van der Waals surface area contributed by atoms with Crippen LogP contribution in [-0.2, 0) is 6.54 Å². The Hall–Kier alpha value is -1.48. The minimum absolute atomic E-state index is 0.584. The van der Waals surface area contributed by atoms with E-state index in [0.29, 0.717) is 12.1 Å². The Morgan fingerprint density at radius 3 is 2.82 bits per heavy atom. The topological polar surface area (TPSA) is 49.0 Å². The van der Waals surface area contributed by atoms with Gasteiger partial charge in [-0.05, 0) is 53.3 Å². The SMILES string of the molecule is Cc1cccc(NCc2ccc(I)o2)c1C#N. The van der Waals surface area contributed by atoms with Crippen LogP contribution < -0.4 is 5.32 Å². The van der Waals surface area contributed by atoms with E-state index in [1.54, 1.807) is 0 Å². The number of nitriles is 1. The third-order valence-electron chi connectivity index (χ3n) is 2.47. The summed E-state index contributed by atoms with van der Waals surface area (Å²) in [4.78, 5) is 0. The quantitative estimate of drug-likeness (QED) is 0.869. The smallest absolute Gasteiger partial charge is 0.164 e. The maximum Gasteiger partial charge on any atom is 0.164 e. The molecule has 0 fully saturated rings. The highest BCUT2D eigenvalue weighted by molar-refractivity contribution is 14.1. The highest BCUT2D eigenvalue weighted by Gasteiger charge is 2.05. The number of furan rings is 1. The number of aryl methyl sites for hydroxylation is 1. The first kappa shape index (κ1) is 12.0. The third-order valence-corrected chi connectivity index (χ3v) is 3.05. The van der Waals surface area contributed by atoms with Gasteiger partial charge in [-0.1, -0.05) is 12.1 Å². The highest BCUT2D eigenvalue weighted by Crippen LogP contribution is 2.19. The van der Waals surface area contributed by atoms with Gasteiger partial charge in [0.25, 0.3) is 0 Å². The number of nitrogens with zero attached hydrogens (tertiary/aromatic N) is 1. The first-order valence-corrected chi connectivity index (χ1v) is 6.26. The van der Waals surface area contributed by atoms with Gasteiger partial charge >= 0.3 is 0 Å². The van der Waals surface area contributed by atoms with Crippen molar-refractivity contribution in [2.75, 3.05) is 5.32 Å². The molecule has 4 heteroatoms. The molecule has 0 saturated carbocycles. The zero-order valence-electron chi connectivity index (χ0n) is 9.33. The van der Waals surface area contributed by atoms with E-state index in [4.69, 9.17) is 9.68 Å². The summed E-state index contributed by atoms with van der Waals surface area (Å²) in [5, 5.41) is 12.3. The van der Waals surface area contributed by atoms with E-state index in [0.717, 1.165) is 20.8 Å². The molecule has 0 spiro atoms. The lowest BCUT2D eigenvalue weighted by molar-refractivity contribution is 0.493. The summed E-state index contributed by atoms with van der Waals surface area (Å²) in [5.74, 6) is 0.861. The zero-order valence-corrected chi connectivity index (χ0v) is 11.5. The summed E-state index contributed by atoms with van der Waals surface area (Å²) in [7, 11) is 0. The Morgan fingerprint density at radius 2 is 2.18 bits per heavy atom. The second-order valence-electron chi connectivity index (χ2n) is 3.67. The molecule has 86 valence electrons. The number of rotatable bonds is 3. The van der Waals surface area contributed by atoms with E-state index in [1.807, 2.05) is 37.3 Å². The Morgan fingerprint density at radius 1 is 1.35 bits per heavy atom. The van der Waals surface area contributed by atoms with E-state index < -0.39 is 0 Å². The molecule has 1 aromatic carbocycles. The van der Waals surface area contributed by atoms with Crippen molar-refractivity contribution in [3.05, 3.63) is 51.0 Å². The summed E-state index contributed by atoms with van der Waals surface area (Å²) < 4.78 is 6.32. The molecule has 1 heterocycles. The van der Waals surface area contributed by atoms with E-state index in [-0.39, 0.29) is 0 Å². The van der Waals surface area contributed by atoms with Gasteiger partial charge in [0.2, 0.25) is 0 Å². The van der Waals surface area contributed by atoms with Crippen LogP contribution in [-0.4, -0.2) is 0 Å². The number of benzene rings is 1. The molecule has 17 heavy (non-hydrogen) atoms. The minimum Gasteiger partial charge on any atom is -0.454 e. The van der Waals surface area contributed by atoms with E-state index in [9.17, 15) is 0 Å². The summed E-state index contributed by atoms with van der Waals surface area (Å²) >= 11 is 2.13. The van der Waals surface area contributed by atoms with Gasteiger partial charge < -0.3 is 9.73 Å².